The number of aliphatic hydroxyl groups is 1. The summed E-state index contributed by atoms with van der Waals surface area (Å²) < 4.78 is 28.0. The highest BCUT2D eigenvalue weighted by Crippen LogP contribution is 2.31. The summed E-state index contributed by atoms with van der Waals surface area (Å²) in [5.74, 6) is -2.27. The van der Waals surface area contributed by atoms with Crippen molar-refractivity contribution in [2.75, 3.05) is 35.7 Å². The second kappa shape index (κ2) is 12.6. The van der Waals surface area contributed by atoms with Gasteiger partial charge in [-0.3, -0.25) is 10.1 Å². The molecule has 2 aromatic carbocycles. The second-order valence-corrected chi connectivity index (χ2v) is 9.18. The van der Waals surface area contributed by atoms with Gasteiger partial charge < -0.3 is 20.6 Å². The number of carbonyl (C=O) groups excluding carboxylic acids is 2. The average molecular weight is 501 g/mol. The Hall–Kier alpha value is -4.04. The number of benzene rings is 2. The first-order valence-electron chi connectivity index (χ1n) is 11.2. The molecule has 2 aromatic rings. The van der Waals surface area contributed by atoms with Crippen LogP contribution in [0.4, 0.5) is 36.3 Å². The lowest BCUT2D eigenvalue weighted by molar-refractivity contribution is -0.120. The van der Waals surface area contributed by atoms with Crippen molar-refractivity contribution in [2.45, 2.75) is 33.6 Å². The van der Waals surface area contributed by atoms with Crippen molar-refractivity contribution in [3.8, 4) is 6.07 Å². The number of amides is 3. The number of urea groups is 1. The fourth-order valence-corrected chi connectivity index (χ4v) is 3.07. The van der Waals surface area contributed by atoms with Gasteiger partial charge in [-0.2, -0.15) is 5.26 Å². The van der Waals surface area contributed by atoms with Crippen molar-refractivity contribution in [1.82, 2.24) is 5.32 Å². The molecule has 0 saturated heterocycles. The third-order valence-electron chi connectivity index (χ3n) is 4.88. The molecule has 0 unspecified atom stereocenters. The molecule has 0 bridgehead atoms. The number of hydrogen-bond acceptors (Lipinski definition) is 6. The van der Waals surface area contributed by atoms with Crippen molar-refractivity contribution < 1.29 is 23.5 Å². The Kier molecular flexibility index (Phi) is 9.87. The fourth-order valence-electron chi connectivity index (χ4n) is 3.07. The van der Waals surface area contributed by atoms with E-state index >= 15 is 0 Å². The molecule has 192 valence electrons. The van der Waals surface area contributed by atoms with Crippen LogP contribution in [0.5, 0.6) is 0 Å². The van der Waals surface area contributed by atoms with Crippen LogP contribution in [0.1, 0.15) is 39.2 Å². The van der Waals surface area contributed by atoms with Crippen LogP contribution in [0.3, 0.4) is 0 Å². The van der Waals surface area contributed by atoms with Gasteiger partial charge in [-0.05, 0) is 42.2 Å². The van der Waals surface area contributed by atoms with Gasteiger partial charge in [0.15, 0.2) is 11.6 Å². The molecule has 0 aliphatic rings. The van der Waals surface area contributed by atoms with E-state index < -0.39 is 23.4 Å². The molecule has 0 aliphatic carbocycles. The molecule has 9 nitrogen and oxygen atoms in total. The zero-order chi connectivity index (χ0) is 26.9. The third-order valence-corrected chi connectivity index (χ3v) is 4.88. The van der Waals surface area contributed by atoms with E-state index in [0.717, 1.165) is 18.5 Å². The molecule has 0 saturated carbocycles. The maximum atomic E-state index is 14.0. The molecule has 3 amide bonds. The Morgan fingerprint density at radius 2 is 1.86 bits per heavy atom. The van der Waals surface area contributed by atoms with E-state index in [4.69, 9.17) is 10.4 Å². The topological polar surface area (TPSA) is 130 Å². The molecule has 0 heterocycles. The Morgan fingerprint density at radius 1 is 1.19 bits per heavy atom. The number of anilines is 3. The van der Waals surface area contributed by atoms with Gasteiger partial charge in [0.2, 0.25) is 5.91 Å². The zero-order valence-corrected chi connectivity index (χ0v) is 20.7. The molecule has 0 aliphatic heterocycles. The van der Waals surface area contributed by atoms with Gasteiger partial charge in [-0.15, -0.1) is 0 Å². The standard InChI is InChI=1S/C25H30F2N6O3/c1-25(2,3)13-22(35)33(4)17-6-7-20(29-8-5-9-34)21(12-17)30-15-31-24(36)32-23-18(26)10-16(14-28)11-19(23)27/h6-7,10-12,15,29,34H,5,8-9,13H2,1-4H3,(H2,30,31,32,36). The lowest BCUT2D eigenvalue weighted by Gasteiger charge is -2.24. The van der Waals surface area contributed by atoms with Crippen molar-refractivity contribution in [2.24, 2.45) is 10.4 Å². The van der Waals surface area contributed by atoms with Crippen molar-refractivity contribution in [3.63, 3.8) is 0 Å². The summed E-state index contributed by atoms with van der Waals surface area (Å²) in [7, 11) is 1.65. The van der Waals surface area contributed by atoms with Gasteiger partial charge in [0.05, 0.1) is 29.3 Å². The van der Waals surface area contributed by atoms with Gasteiger partial charge in [0, 0.05) is 32.3 Å². The molecule has 0 radical (unpaired) electrons. The maximum Gasteiger partial charge on any atom is 0.324 e. The van der Waals surface area contributed by atoms with E-state index in [2.05, 4.69) is 15.6 Å². The van der Waals surface area contributed by atoms with Gasteiger partial charge in [0.25, 0.3) is 0 Å². The molecule has 0 aromatic heterocycles. The summed E-state index contributed by atoms with van der Waals surface area (Å²) in [6.07, 6.45) is 1.88. The number of aliphatic imine (C=N–C) groups is 1. The SMILES string of the molecule is CN(C(=O)CC(C)(C)C)c1ccc(NCCCO)c(N=CNC(=O)Nc2c(F)cc(C#N)cc2F)c1. The van der Waals surface area contributed by atoms with Crippen LogP contribution >= 0.6 is 0 Å². The maximum absolute atomic E-state index is 14.0. The molecule has 2 rings (SSSR count). The van der Waals surface area contributed by atoms with Gasteiger partial charge in [0.1, 0.15) is 5.69 Å². The predicted octanol–water partition coefficient (Wildman–Crippen LogP) is 4.51. The number of carbonyl (C=O) groups is 2. The summed E-state index contributed by atoms with van der Waals surface area (Å²) in [4.78, 5) is 30.5. The minimum Gasteiger partial charge on any atom is -0.396 e. The Morgan fingerprint density at radius 3 is 2.44 bits per heavy atom. The molecular formula is C25H30F2N6O3. The monoisotopic (exact) mass is 500 g/mol. The molecule has 11 heteroatoms. The summed E-state index contributed by atoms with van der Waals surface area (Å²) in [5.41, 5.74) is 0.444. The molecular weight excluding hydrogens is 470 g/mol. The van der Waals surface area contributed by atoms with Crippen molar-refractivity contribution in [3.05, 3.63) is 47.5 Å². The normalized spacial score (nSPS) is 11.2. The smallest absolute Gasteiger partial charge is 0.324 e. The van der Waals surface area contributed by atoms with Crippen LogP contribution in [-0.4, -0.2) is 43.6 Å². The van der Waals surface area contributed by atoms with E-state index in [-0.39, 0.29) is 23.5 Å². The van der Waals surface area contributed by atoms with Crippen molar-refractivity contribution in [1.29, 1.82) is 5.26 Å². The Labute approximate surface area is 208 Å². The minimum atomic E-state index is -1.09. The molecule has 0 spiro atoms. The number of nitrogens with zero attached hydrogens (tertiary/aromatic N) is 3. The quantitative estimate of drug-likeness (QED) is 0.229. The Balaban J connectivity index is 2.20. The highest BCUT2D eigenvalue weighted by atomic mass is 19.1. The number of nitrogens with one attached hydrogen (secondary N) is 3. The highest BCUT2D eigenvalue weighted by molar-refractivity contribution is 5.97. The summed E-state index contributed by atoms with van der Waals surface area (Å²) in [6.45, 7) is 6.36. The number of aliphatic hydroxyl groups excluding tert-OH is 1. The van der Waals surface area contributed by atoms with Crippen molar-refractivity contribution >= 4 is 41.0 Å². The largest absolute Gasteiger partial charge is 0.396 e. The third kappa shape index (κ3) is 8.32. The first kappa shape index (κ1) is 28.2. The van der Waals surface area contributed by atoms with E-state index in [9.17, 15) is 18.4 Å². The van der Waals surface area contributed by atoms with E-state index in [1.54, 1.807) is 31.3 Å². The first-order valence-corrected chi connectivity index (χ1v) is 11.2. The van der Waals surface area contributed by atoms with Crippen LogP contribution in [0, 0.1) is 28.4 Å². The van der Waals surface area contributed by atoms with Crippen LogP contribution in [0.2, 0.25) is 0 Å². The van der Waals surface area contributed by atoms with E-state index in [1.807, 2.05) is 26.1 Å². The van der Waals surface area contributed by atoms with Crippen LogP contribution in [0.25, 0.3) is 0 Å². The van der Waals surface area contributed by atoms with Crippen LogP contribution < -0.4 is 20.9 Å². The summed E-state index contributed by atoms with van der Waals surface area (Å²) in [5, 5.41) is 25.2. The number of halogens is 2. The molecule has 0 fully saturated rings. The van der Waals surface area contributed by atoms with Gasteiger partial charge >= 0.3 is 6.03 Å². The predicted molar refractivity (Wildman–Crippen MR) is 135 cm³/mol. The van der Waals surface area contributed by atoms with Gasteiger partial charge in [-0.25, -0.2) is 18.6 Å². The molecule has 0 atom stereocenters. The van der Waals surface area contributed by atoms with Crippen LogP contribution in [0.15, 0.2) is 35.3 Å². The average Bonchev–Trinajstić information content (AvgIpc) is 2.80. The van der Waals surface area contributed by atoms with Crippen LogP contribution in [-0.2, 0) is 4.79 Å². The molecule has 4 N–H and O–H groups in total. The number of hydrogen-bond donors (Lipinski definition) is 4. The minimum absolute atomic E-state index is 0.00206. The fraction of sp³-hybridized carbons (Fsp3) is 0.360. The lowest BCUT2D eigenvalue weighted by Crippen LogP contribution is -2.29. The zero-order valence-electron chi connectivity index (χ0n) is 20.7. The van der Waals surface area contributed by atoms with E-state index in [1.165, 1.54) is 4.90 Å². The molecule has 36 heavy (non-hydrogen) atoms. The van der Waals surface area contributed by atoms with Gasteiger partial charge in [-0.1, -0.05) is 20.8 Å². The lowest BCUT2D eigenvalue weighted by atomic mass is 9.91. The first-order chi connectivity index (χ1) is 16.9. The summed E-state index contributed by atoms with van der Waals surface area (Å²) >= 11 is 0. The highest BCUT2D eigenvalue weighted by Gasteiger charge is 2.20. The summed E-state index contributed by atoms with van der Waals surface area (Å²) in [6, 6.07) is 7.40. The number of nitriles is 1. The Bertz CT molecular complexity index is 1150. The second-order valence-electron chi connectivity index (χ2n) is 9.18. The number of rotatable bonds is 9. The van der Waals surface area contributed by atoms with E-state index in [0.29, 0.717) is 36.4 Å².